The van der Waals surface area contributed by atoms with E-state index in [0.29, 0.717) is 176 Å². The molecule has 2 saturated carbocycles. The van der Waals surface area contributed by atoms with Crippen LogP contribution in [0, 0.1) is 22.7 Å². The molecule has 6 fully saturated rings. The average Bonchev–Trinajstić information content (AvgIpc) is 1.49. The van der Waals surface area contributed by atoms with Crippen molar-refractivity contribution in [2.75, 3.05) is 129 Å². The molecular weight excluding hydrogens is 1570 g/mol. The molecule has 660 valence electrons. The van der Waals surface area contributed by atoms with E-state index in [0.717, 1.165) is 87.7 Å². The fourth-order valence-corrected chi connectivity index (χ4v) is 27.3. The summed E-state index contributed by atoms with van der Waals surface area (Å²) in [7, 11) is 3.67. The molecule has 123 heavy (non-hydrogen) atoms. The Balaban J connectivity index is 0.000000175. The van der Waals surface area contributed by atoms with E-state index in [-0.39, 0.29) is 69.9 Å². The van der Waals surface area contributed by atoms with Crippen LogP contribution in [0.4, 0.5) is 11.4 Å². The summed E-state index contributed by atoms with van der Waals surface area (Å²) in [5.74, 6) is -2.06. The summed E-state index contributed by atoms with van der Waals surface area (Å²) in [6, 6.07) is 21.0. The number of carbonyl (C=O) groups is 7. The van der Waals surface area contributed by atoms with Crippen molar-refractivity contribution in [3.8, 4) is 0 Å². The molecule has 18 rings (SSSR count). The third-order valence-electron chi connectivity index (χ3n) is 32.2. The summed E-state index contributed by atoms with van der Waals surface area (Å²) in [5.41, 5.74) is 4.20. The normalized spacial score (nSPS) is 36.3. The first-order valence-corrected chi connectivity index (χ1v) is 44.8. The molecule has 10 unspecified atom stereocenters. The number of para-hydroxylation sites is 2. The summed E-state index contributed by atoms with van der Waals surface area (Å²) >= 11 is 0. The molecule has 13 N–H and O–H groups in total. The number of piperidine rings is 2. The highest BCUT2D eigenvalue weighted by Crippen LogP contribution is 2.70. The first-order valence-electron chi connectivity index (χ1n) is 44.8. The molecule has 2 amide bonds. The zero-order chi connectivity index (χ0) is 86.9. The number of aliphatic hydroxyl groups is 7. The number of nitrogens with zero attached hydrogens (tertiary/aromatic N) is 6. The third kappa shape index (κ3) is 12.9. The van der Waals surface area contributed by atoms with Crippen molar-refractivity contribution in [1.29, 1.82) is 0 Å². The summed E-state index contributed by atoms with van der Waals surface area (Å²) in [6.07, 6.45) is 13.9. The van der Waals surface area contributed by atoms with Gasteiger partial charge in [0.2, 0.25) is 0 Å². The number of likely N-dealkylation sites (N-methyl/N-ethyl adjacent to an activating group) is 2. The third-order valence-corrected chi connectivity index (χ3v) is 32.2. The van der Waals surface area contributed by atoms with E-state index in [4.69, 9.17) is 19.9 Å². The van der Waals surface area contributed by atoms with Gasteiger partial charge in [-0.2, -0.15) is 0 Å². The van der Waals surface area contributed by atoms with Crippen molar-refractivity contribution in [3.63, 3.8) is 0 Å². The predicted molar refractivity (Wildman–Crippen MR) is 462 cm³/mol. The van der Waals surface area contributed by atoms with Crippen molar-refractivity contribution in [2.45, 2.75) is 211 Å². The Morgan fingerprint density at radius 2 is 1.01 bits per heavy atom. The minimum atomic E-state index is -2.35. The number of aromatic amines is 2. The van der Waals surface area contributed by atoms with Crippen LogP contribution in [0.5, 0.6) is 0 Å². The maximum atomic E-state index is 14.8. The number of fused-ring (bicyclic) bond motifs is 12. The van der Waals surface area contributed by atoms with Crippen molar-refractivity contribution in [3.05, 3.63) is 153 Å². The minimum Gasteiger partial charge on any atom is -0.467 e. The van der Waals surface area contributed by atoms with E-state index in [1.54, 1.807) is 0 Å². The number of rotatable bonds is 24. The largest absolute Gasteiger partial charge is 0.467 e. The Morgan fingerprint density at radius 1 is 0.577 bits per heavy atom. The number of aldehydes is 2. The maximum Gasteiger partial charge on any atom is 0.322 e. The second-order valence-corrected chi connectivity index (χ2v) is 38.3. The molecular formula is C95H123N11O17. The fraction of sp³-hybridized carbons (Fsp3) is 0.589. The number of anilines is 2. The number of aromatic nitrogens is 2. The molecule has 6 aromatic rings. The van der Waals surface area contributed by atoms with Gasteiger partial charge in [-0.3, -0.25) is 53.2 Å². The van der Waals surface area contributed by atoms with Gasteiger partial charge in [-0.1, -0.05) is 101 Å². The fourth-order valence-electron chi connectivity index (χ4n) is 27.3. The smallest absolute Gasteiger partial charge is 0.322 e. The maximum absolute atomic E-state index is 14.8. The Kier molecular flexibility index (Phi) is 22.7. The van der Waals surface area contributed by atoms with Gasteiger partial charge in [0.15, 0.2) is 11.2 Å². The Bertz CT molecular complexity index is 5190. The average molecular weight is 1690 g/mol. The van der Waals surface area contributed by atoms with Crippen LogP contribution in [0.25, 0.3) is 21.8 Å². The molecule has 21 atom stereocenters. The molecule has 4 saturated heterocycles. The van der Waals surface area contributed by atoms with Crippen LogP contribution in [0.1, 0.15) is 177 Å². The summed E-state index contributed by atoms with van der Waals surface area (Å²) < 4.78 is 17.1. The Morgan fingerprint density at radius 3 is 1.41 bits per heavy atom. The van der Waals surface area contributed by atoms with Crippen LogP contribution in [0.2, 0.25) is 0 Å². The highest BCUT2D eigenvalue weighted by atomic mass is 16.5. The van der Waals surface area contributed by atoms with E-state index in [1.807, 2.05) is 124 Å². The molecule has 4 bridgehead atoms. The summed E-state index contributed by atoms with van der Waals surface area (Å²) in [5, 5.41) is 93.3. The number of aliphatic hydroxyl groups excluding tert-OH is 3. The molecule has 12 aliphatic rings. The minimum absolute atomic E-state index is 0.0144. The number of nitrogens with two attached hydrogens (primary N) is 1. The highest BCUT2D eigenvalue weighted by molar-refractivity contribution is 5.95. The van der Waals surface area contributed by atoms with E-state index >= 15 is 0 Å². The standard InChI is InChI=1S/C49H64N6O9.C46H59N5O8/c1-5-45(61)23-31-24-47(28-63-29-57,39-34(13-18-54(25-31)27-45)33-11-7-8-12-37(33)52-39)35-22-36-38(21-32(35)26-56)53(4)42-48(36)15-19-55-17-9-14-46(6-2,41(48)55)43(59)49(42,62)44(60)51-16-10-20-64-40(58)30(3)50;1-4-42(57)22-29-23-44(27-59-28-54,37-32(12-17-50(24-29)26-42)31-10-6-7-11-35(31)48-37)33-21-34-36(20-30(33)25-53)49(3)39-45(34)14-18-51-16-8-13-43(5-2,38(45)51)40(55)46(39,58)41(56)47-15-9-19-52/h7-9,11-12,14,21-22,26,29-31,41-43,52,59,61-62H,5-6,10,13,15-20,23-25,27-28,50H2,1-4H3,(H,51,60);6-8,10-11,13,20-21,25,28-29,38-40,48,52,55,57-58H,4-5,9,12,14-19,22-24,26-27H2,1-3H3,(H,47,56)/t30-,31+,41?,42?,43+,45?,46+,47-,48?,49-;29-,38?,39?,40-,42?,43-,44+,45?,46+/m01/s1. The lowest BCUT2D eigenvalue weighted by Crippen LogP contribution is -2.81. The van der Waals surface area contributed by atoms with E-state index in [2.05, 4.69) is 64.5 Å². The molecule has 10 aliphatic heterocycles. The number of carbonyl (C=O) groups excluding carboxylic acids is 7. The first kappa shape index (κ1) is 86.4. The van der Waals surface area contributed by atoms with Gasteiger partial charge in [-0.15, -0.1) is 0 Å². The van der Waals surface area contributed by atoms with Crippen LogP contribution in [0.3, 0.4) is 0 Å². The molecule has 12 heterocycles. The van der Waals surface area contributed by atoms with E-state index < -0.39 is 103 Å². The SMILES string of the molecule is CCC1(O)C[C@H]2CN(CCc3c([nH]c4ccccc34)[C@@](COC=O)(c3cc4c(cc3C=O)N(C)C3C45CCN4CC=C[C@](CC)(C45)[C@@H](O)[C@]3(O)C(=O)NCCCO)C2)C1.CCC1(O)C[C@H]2CN(CCc3c([nH]c4ccccc34)[C@@](COC=O)(c3cc4c(cc3C=O)N(C)C3C45CCN4CC=C[C@](CC)(C45)[C@@H](O)[C@]3(O)C(=O)NCCCOC(=O)[C@H](C)N)C2)C1. The van der Waals surface area contributed by atoms with Gasteiger partial charge in [0.05, 0.1) is 40.7 Å². The number of hydrogen-bond donors (Lipinski definition) is 12. The van der Waals surface area contributed by atoms with Crippen molar-refractivity contribution in [1.82, 2.24) is 40.2 Å². The number of nitrogens with one attached hydrogen (secondary N) is 4. The van der Waals surface area contributed by atoms with Gasteiger partial charge in [0.25, 0.3) is 24.8 Å². The van der Waals surface area contributed by atoms with Crippen LogP contribution in [0.15, 0.2) is 97.1 Å². The Hall–Kier alpha value is -8.75. The van der Waals surface area contributed by atoms with Gasteiger partial charge in [-0.25, -0.2) is 0 Å². The topological polar surface area (TPSA) is 390 Å². The number of benzene rings is 4. The lowest BCUT2D eigenvalue weighted by atomic mass is 9.47. The van der Waals surface area contributed by atoms with Gasteiger partial charge >= 0.3 is 5.97 Å². The Labute approximate surface area is 717 Å². The second kappa shape index (κ2) is 32.3. The van der Waals surface area contributed by atoms with Crippen LogP contribution >= 0.6 is 0 Å². The quantitative estimate of drug-likeness (QED) is 0.0125. The second-order valence-electron chi connectivity index (χ2n) is 38.3. The van der Waals surface area contributed by atoms with Gasteiger partial charge < -0.3 is 86.1 Å². The predicted octanol–water partition coefficient (Wildman–Crippen LogP) is 5.00. The van der Waals surface area contributed by atoms with Gasteiger partial charge in [0, 0.05) is 176 Å². The molecule has 28 nitrogen and oxygen atoms in total. The molecule has 2 aromatic heterocycles. The van der Waals surface area contributed by atoms with Crippen LogP contribution in [-0.4, -0.2) is 292 Å². The van der Waals surface area contributed by atoms with Crippen molar-refractivity contribution < 1.29 is 83.5 Å². The van der Waals surface area contributed by atoms with E-state index in [9.17, 15) is 69.3 Å². The number of hydrogen-bond acceptors (Lipinski definition) is 24. The van der Waals surface area contributed by atoms with Crippen molar-refractivity contribution in [2.24, 2.45) is 28.4 Å². The lowest BCUT2D eigenvalue weighted by molar-refractivity contribution is -0.203. The zero-order valence-corrected chi connectivity index (χ0v) is 71.9. The molecule has 0 radical (unpaired) electrons. The molecule has 28 heteroatoms. The zero-order valence-electron chi connectivity index (χ0n) is 71.9. The molecule has 2 aliphatic carbocycles. The van der Waals surface area contributed by atoms with Gasteiger partial charge in [0.1, 0.15) is 44.0 Å². The van der Waals surface area contributed by atoms with Crippen LogP contribution < -0.4 is 26.2 Å². The lowest BCUT2D eigenvalue weighted by Gasteiger charge is -2.63. The van der Waals surface area contributed by atoms with Gasteiger partial charge in [-0.05, 0) is 179 Å². The van der Waals surface area contributed by atoms with Crippen LogP contribution in [-0.2, 0) is 72.7 Å². The number of ether oxygens (including phenoxy) is 3. The number of amides is 2. The van der Waals surface area contributed by atoms with Crippen molar-refractivity contribution >= 4 is 76.5 Å². The monoisotopic (exact) mass is 1690 g/mol. The van der Waals surface area contributed by atoms with E-state index in [1.165, 1.54) is 6.92 Å². The highest BCUT2D eigenvalue weighted by Gasteiger charge is 2.81. The summed E-state index contributed by atoms with van der Waals surface area (Å²) in [4.78, 5) is 115. The molecule has 4 aromatic carbocycles. The number of esters is 1. The molecule has 2 spiro atoms. The summed E-state index contributed by atoms with van der Waals surface area (Å²) in [6.45, 7) is 17.0. The first-order chi connectivity index (χ1) is 59.1. The number of H-pyrrole nitrogens is 2.